The molecule has 0 spiro atoms. The third kappa shape index (κ3) is 2.95. The zero-order valence-electron chi connectivity index (χ0n) is 7.23. The molecule has 0 aliphatic rings. The van der Waals surface area contributed by atoms with Gasteiger partial charge in [0, 0.05) is 5.69 Å². The van der Waals surface area contributed by atoms with Crippen LogP contribution in [0.2, 0.25) is 0 Å². The average Bonchev–Trinajstić information content (AvgIpc) is 2.03. The van der Waals surface area contributed by atoms with Crippen LogP contribution in [0.15, 0.2) is 24.3 Å². The molecule has 0 aliphatic heterocycles. The highest BCUT2D eigenvalue weighted by molar-refractivity contribution is 5.85. The lowest BCUT2D eigenvalue weighted by Gasteiger charge is -2.06. The molecule has 13 heavy (non-hydrogen) atoms. The van der Waals surface area contributed by atoms with Gasteiger partial charge in [-0.05, 0) is 24.6 Å². The molecule has 0 fully saturated rings. The molecule has 0 bridgehead atoms. The maximum Gasteiger partial charge on any atom is 0.310 e. The smallest absolute Gasteiger partial charge is 0.310 e. The van der Waals surface area contributed by atoms with E-state index in [4.69, 9.17) is 10.8 Å². The molecule has 0 aliphatic carbocycles. The number of rotatable bonds is 2. The molecule has 4 heteroatoms. The number of carboxylic acid groups (broad SMARTS) is 1. The number of aliphatic carboxylic acids is 1. The van der Waals surface area contributed by atoms with Crippen LogP contribution in [0.25, 0.3) is 0 Å². The fourth-order valence-electron chi connectivity index (χ4n) is 0.971. The average molecular weight is 202 g/mol. The molecule has 0 saturated carbocycles. The van der Waals surface area contributed by atoms with E-state index in [2.05, 4.69) is 0 Å². The van der Waals surface area contributed by atoms with Crippen molar-refractivity contribution in [1.29, 1.82) is 0 Å². The molecular formula is C9H12ClNO2. The summed E-state index contributed by atoms with van der Waals surface area (Å²) in [7, 11) is 0. The minimum Gasteiger partial charge on any atom is -0.481 e. The van der Waals surface area contributed by atoms with E-state index in [1.54, 1.807) is 31.2 Å². The minimum absolute atomic E-state index is 0. The molecule has 1 aromatic carbocycles. The quantitative estimate of drug-likeness (QED) is 0.719. The zero-order valence-corrected chi connectivity index (χ0v) is 8.04. The van der Waals surface area contributed by atoms with Crippen molar-refractivity contribution in [2.24, 2.45) is 0 Å². The first-order chi connectivity index (χ1) is 5.61. The highest BCUT2D eigenvalue weighted by Gasteiger charge is 2.12. The number of benzene rings is 1. The molecule has 0 saturated heterocycles. The molecule has 0 heterocycles. The van der Waals surface area contributed by atoms with Crippen LogP contribution in [0.4, 0.5) is 5.69 Å². The number of carbonyl (C=O) groups is 1. The van der Waals surface area contributed by atoms with Crippen LogP contribution in [0.5, 0.6) is 0 Å². The van der Waals surface area contributed by atoms with Crippen LogP contribution in [0.3, 0.4) is 0 Å². The Kier molecular flexibility index (Phi) is 4.28. The highest BCUT2D eigenvalue weighted by Crippen LogP contribution is 2.17. The fraction of sp³-hybridized carbons (Fsp3) is 0.222. The minimum atomic E-state index is -0.833. The van der Waals surface area contributed by atoms with Crippen LogP contribution >= 0.6 is 12.4 Å². The summed E-state index contributed by atoms with van der Waals surface area (Å²) in [4.78, 5) is 10.6. The Labute approximate surface area is 83.0 Å². The van der Waals surface area contributed by atoms with Crippen molar-refractivity contribution in [2.75, 3.05) is 5.73 Å². The first-order valence-corrected chi connectivity index (χ1v) is 3.69. The molecule has 1 unspecified atom stereocenters. The summed E-state index contributed by atoms with van der Waals surface area (Å²) in [5.41, 5.74) is 6.84. The van der Waals surface area contributed by atoms with Gasteiger partial charge in [0.25, 0.3) is 0 Å². The van der Waals surface area contributed by atoms with Gasteiger partial charge in [0.15, 0.2) is 0 Å². The molecule has 1 atom stereocenters. The third-order valence-corrected chi connectivity index (χ3v) is 1.78. The second-order valence-electron chi connectivity index (χ2n) is 2.73. The second kappa shape index (κ2) is 4.72. The van der Waals surface area contributed by atoms with E-state index in [-0.39, 0.29) is 12.4 Å². The zero-order chi connectivity index (χ0) is 9.14. The molecule has 0 radical (unpaired) electrons. The van der Waals surface area contributed by atoms with Crippen molar-refractivity contribution in [2.45, 2.75) is 12.8 Å². The standard InChI is InChI=1S/C9H11NO2.ClH/c1-6(9(11)12)7-3-2-4-8(10)5-7;/h2-6H,10H2,1H3,(H,11,12);1H. The van der Waals surface area contributed by atoms with E-state index in [0.29, 0.717) is 5.69 Å². The lowest BCUT2D eigenvalue weighted by Crippen LogP contribution is -2.07. The Hall–Kier alpha value is -1.22. The summed E-state index contributed by atoms with van der Waals surface area (Å²) < 4.78 is 0. The second-order valence-corrected chi connectivity index (χ2v) is 2.73. The monoisotopic (exact) mass is 201 g/mol. The predicted molar refractivity (Wildman–Crippen MR) is 54.2 cm³/mol. The summed E-state index contributed by atoms with van der Waals surface area (Å²) in [5.74, 6) is -1.32. The van der Waals surface area contributed by atoms with E-state index >= 15 is 0 Å². The Balaban J connectivity index is 0.00000144. The van der Waals surface area contributed by atoms with E-state index in [1.807, 2.05) is 0 Å². The predicted octanol–water partition coefficient (Wildman–Crippen LogP) is 1.88. The first kappa shape index (κ1) is 11.8. The summed E-state index contributed by atoms with van der Waals surface area (Å²) >= 11 is 0. The summed E-state index contributed by atoms with van der Waals surface area (Å²) in [6.45, 7) is 1.64. The van der Waals surface area contributed by atoms with Crippen molar-refractivity contribution in [3.05, 3.63) is 29.8 Å². The van der Waals surface area contributed by atoms with Crippen LogP contribution in [-0.2, 0) is 4.79 Å². The number of hydrogen-bond donors (Lipinski definition) is 2. The Morgan fingerprint density at radius 2 is 2.15 bits per heavy atom. The van der Waals surface area contributed by atoms with Crippen molar-refractivity contribution >= 4 is 24.1 Å². The molecule has 1 rings (SSSR count). The van der Waals surface area contributed by atoms with Crippen LogP contribution in [0.1, 0.15) is 18.4 Å². The van der Waals surface area contributed by atoms with Gasteiger partial charge in [0.05, 0.1) is 5.92 Å². The van der Waals surface area contributed by atoms with E-state index in [9.17, 15) is 4.79 Å². The number of anilines is 1. The van der Waals surface area contributed by atoms with Crippen LogP contribution in [-0.4, -0.2) is 11.1 Å². The number of halogens is 1. The van der Waals surface area contributed by atoms with Gasteiger partial charge in [-0.15, -0.1) is 12.4 Å². The first-order valence-electron chi connectivity index (χ1n) is 3.69. The number of nitrogens with two attached hydrogens (primary N) is 1. The number of nitrogen functional groups attached to an aromatic ring is 1. The fourth-order valence-corrected chi connectivity index (χ4v) is 0.971. The topological polar surface area (TPSA) is 63.3 Å². The normalized spacial score (nSPS) is 11.5. The lowest BCUT2D eigenvalue weighted by atomic mass is 10.0. The molecule has 3 N–H and O–H groups in total. The van der Waals surface area contributed by atoms with Gasteiger partial charge in [0.2, 0.25) is 0 Å². The Morgan fingerprint density at radius 3 is 2.62 bits per heavy atom. The molecule has 3 nitrogen and oxygen atoms in total. The molecule has 72 valence electrons. The van der Waals surface area contributed by atoms with Crippen molar-refractivity contribution in [3.63, 3.8) is 0 Å². The van der Waals surface area contributed by atoms with Gasteiger partial charge >= 0.3 is 5.97 Å². The van der Waals surface area contributed by atoms with Gasteiger partial charge in [-0.3, -0.25) is 4.79 Å². The number of hydrogen-bond acceptors (Lipinski definition) is 2. The third-order valence-electron chi connectivity index (χ3n) is 1.78. The van der Waals surface area contributed by atoms with Gasteiger partial charge in [-0.2, -0.15) is 0 Å². The molecule has 0 amide bonds. The molecular weight excluding hydrogens is 190 g/mol. The summed E-state index contributed by atoms with van der Waals surface area (Å²) in [6, 6.07) is 6.93. The van der Waals surface area contributed by atoms with Gasteiger partial charge < -0.3 is 10.8 Å². The van der Waals surface area contributed by atoms with Crippen LogP contribution in [0, 0.1) is 0 Å². The van der Waals surface area contributed by atoms with Crippen LogP contribution < -0.4 is 5.73 Å². The van der Waals surface area contributed by atoms with E-state index in [0.717, 1.165) is 5.56 Å². The van der Waals surface area contributed by atoms with Crippen molar-refractivity contribution < 1.29 is 9.90 Å². The molecule has 1 aromatic rings. The highest BCUT2D eigenvalue weighted by atomic mass is 35.5. The van der Waals surface area contributed by atoms with Gasteiger partial charge in [-0.25, -0.2) is 0 Å². The lowest BCUT2D eigenvalue weighted by molar-refractivity contribution is -0.138. The SMILES string of the molecule is CC(C(=O)O)c1cccc(N)c1.Cl. The van der Waals surface area contributed by atoms with Crippen molar-refractivity contribution in [3.8, 4) is 0 Å². The van der Waals surface area contributed by atoms with E-state index < -0.39 is 11.9 Å². The van der Waals surface area contributed by atoms with Crippen molar-refractivity contribution in [1.82, 2.24) is 0 Å². The van der Waals surface area contributed by atoms with Gasteiger partial charge in [0.1, 0.15) is 0 Å². The Bertz CT molecular complexity index is 301. The largest absolute Gasteiger partial charge is 0.481 e. The maximum atomic E-state index is 10.6. The number of carboxylic acids is 1. The van der Waals surface area contributed by atoms with E-state index in [1.165, 1.54) is 0 Å². The van der Waals surface area contributed by atoms with Gasteiger partial charge in [-0.1, -0.05) is 12.1 Å². The Morgan fingerprint density at radius 1 is 1.54 bits per heavy atom. The molecule has 0 aromatic heterocycles. The summed E-state index contributed by atoms with van der Waals surface area (Å²) in [5, 5.41) is 8.69. The maximum absolute atomic E-state index is 10.6. The summed E-state index contributed by atoms with van der Waals surface area (Å²) in [6.07, 6.45) is 0.